The van der Waals surface area contributed by atoms with Crippen LogP contribution in [0.4, 0.5) is 9.59 Å². The lowest BCUT2D eigenvalue weighted by Gasteiger charge is -2.07. The van der Waals surface area contributed by atoms with Crippen molar-refractivity contribution in [1.82, 2.24) is 9.80 Å². The molecule has 2 N–H and O–H groups in total. The van der Waals surface area contributed by atoms with Gasteiger partial charge in [-0.05, 0) is 63.6 Å². The molecule has 2 heterocycles. The summed E-state index contributed by atoms with van der Waals surface area (Å²) in [6.07, 6.45) is 2.27. The quantitative estimate of drug-likeness (QED) is 0.282. The van der Waals surface area contributed by atoms with Gasteiger partial charge in [0.05, 0.1) is 24.9 Å². The molecule has 0 bridgehead atoms. The minimum Gasteiger partial charge on any atom is -0.504 e. The third-order valence-corrected chi connectivity index (χ3v) is 8.21. The van der Waals surface area contributed by atoms with Crippen LogP contribution in [0.1, 0.15) is 24.8 Å². The van der Waals surface area contributed by atoms with Crippen LogP contribution in [0.15, 0.2) is 38.1 Å². The van der Waals surface area contributed by atoms with E-state index in [1.54, 1.807) is 12.1 Å². The van der Waals surface area contributed by atoms with Gasteiger partial charge in [0.25, 0.3) is 16.4 Å². The van der Waals surface area contributed by atoms with Crippen LogP contribution in [0, 0.1) is 0 Å². The van der Waals surface area contributed by atoms with Gasteiger partial charge in [0.2, 0.25) is 5.91 Å². The molecule has 0 atom stereocenters. The Balaban J connectivity index is 0.000000626. The second-order valence-corrected chi connectivity index (χ2v) is 11.1. The average Bonchev–Trinajstić information content (AvgIpc) is 3.32. The number of thioether (sulfide) groups is 2. The minimum absolute atomic E-state index is 0. The second kappa shape index (κ2) is 15.7. The molecular weight excluding hydrogens is 696 g/mol. The summed E-state index contributed by atoms with van der Waals surface area (Å²) in [6, 6.07) is 5.94. The van der Waals surface area contributed by atoms with E-state index in [-0.39, 0.29) is 42.6 Å². The maximum atomic E-state index is 11.8. The highest BCUT2D eigenvalue weighted by molar-refractivity contribution is 9.10. The molecule has 2 aromatic rings. The van der Waals surface area contributed by atoms with E-state index in [1.165, 1.54) is 46.5 Å². The van der Waals surface area contributed by atoms with Crippen molar-refractivity contribution in [3.05, 3.63) is 49.2 Å². The molecule has 218 valence electrons. The van der Waals surface area contributed by atoms with Gasteiger partial charge < -0.3 is 19.7 Å². The largest absolute Gasteiger partial charge is 0.504 e. The maximum absolute atomic E-state index is 11.8. The van der Waals surface area contributed by atoms with E-state index in [0.717, 1.165) is 33.3 Å². The molecule has 40 heavy (non-hydrogen) atoms. The molecule has 4 rings (SSSR count). The molecule has 0 unspecified atom stereocenters. The fourth-order valence-corrected chi connectivity index (χ4v) is 5.18. The summed E-state index contributed by atoms with van der Waals surface area (Å²) in [5, 5.41) is 18.4. The van der Waals surface area contributed by atoms with Crippen LogP contribution in [-0.4, -0.2) is 82.7 Å². The third kappa shape index (κ3) is 8.74. The highest BCUT2D eigenvalue weighted by Gasteiger charge is 2.32. The van der Waals surface area contributed by atoms with Crippen molar-refractivity contribution in [1.29, 1.82) is 0 Å². The minimum atomic E-state index is -0.339. The lowest BCUT2D eigenvalue weighted by Crippen LogP contribution is -2.22. The summed E-state index contributed by atoms with van der Waals surface area (Å²) >= 11 is 8.34. The number of benzene rings is 2. The Morgan fingerprint density at radius 1 is 0.875 bits per heavy atom. The molecule has 2 aliphatic rings. The average molecular weight is 725 g/mol. The number of hydrogen-bond donors (Lipinski definition) is 2. The first kappa shape index (κ1) is 35.0. The van der Waals surface area contributed by atoms with Crippen molar-refractivity contribution < 1.29 is 45.1 Å². The van der Waals surface area contributed by atoms with E-state index in [1.807, 2.05) is 0 Å². The number of imide groups is 2. The number of amides is 4. The van der Waals surface area contributed by atoms with Gasteiger partial charge >= 0.3 is 0 Å². The molecule has 11 nitrogen and oxygen atoms in total. The lowest BCUT2D eigenvalue weighted by atomic mass is 10.2. The fraction of sp³-hybridized carbons (Fsp3) is 0.240. The van der Waals surface area contributed by atoms with Crippen LogP contribution in [0.2, 0.25) is 0 Å². The van der Waals surface area contributed by atoms with Crippen LogP contribution in [-0.2, 0) is 9.59 Å². The van der Waals surface area contributed by atoms with Gasteiger partial charge in [-0.2, -0.15) is 0 Å². The van der Waals surface area contributed by atoms with Crippen molar-refractivity contribution >= 4 is 90.0 Å². The van der Waals surface area contributed by atoms with Crippen LogP contribution in [0.3, 0.4) is 0 Å². The number of rotatable bonds is 4. The number of methoxy groups -OCH3 is 2. The van der Waals surface area contributed by atoms with Crippen molar-refractivity contribution in [3.63, 3.8) is 0 Å². The van der Waals surface area contributed by atoms with Crippen molar-refractivity contribution in [2.45, 2.75) is 7.43 Å². The number of nitrogens with zero attached hydrogens (tertiary/aromatic N) is 2. The second-order valence-electron chi connectivity index (χ2n) is 7.46. The maximum Gasteiger partial charge on any atom is 0.293 e. The van der Waals surface area contributed by atoms with Gasteiger partial charge in [0.1, 0.15) is 0 Å². The standard InChI is InChI=1S/C12H10BrNO4S.C8H7BrO3.C4H5NO2S.CH4.H2/c1-14-11(16)10(19-12(14)17)4-6-3-9(18-2)8(15)5-7(6)13;1-12-8-2-5(4-10)6(9)3-7(8)11;1-5-3(6)2-8-4(5)7;;/h3-5,15H,1-2H3;2-4,11H,1H3;2H2,1H3;1H4;1H/b10-4-;;;;/i;;;;1+1. The van der Waals surface area contributed by atoms with Crippen molar-refractivity contribution in [2.75, 3.05) is 34.1 Å². The molecule has 15 heteroatoms. The molecule has 0 saturated carbocycles. The number of aldehydes is 1. The molecule has 0 aromatic heterocycles. The van der Waals surface area contributed by atoms with Gasteiger partial charge in [0, 0.05) is 30.0 Å². The summed E-state index contributed by atoms with van der Waals surface area (Å²) in [7, 11) is 5.79. The Kier molecular flexibility index (Phi) is 13.7. The highest BCUT2D eigenvalue weighted by atomic mass is 79.9. The number of halogens is 2. The van der Waals surface area contributed by atoms with Crippen LogP contribution in [0.25, 0.3) is 6.08 Å². The number of phenolic OH excluding ortho intramolecular Hbond substituents is 2. The first-order valence-corrected chi connectivity index (χ1v) is 14.0. The molecule has 2 aromatic carbocycles. The first-order valence-electron chi connectivity index (χ1n) is 10.6. The molecule has 0 radical (unpaired) electrons. The molecule has 0 aliphatic carbocycles. The smallest absolute Gasteiger partial charge is 0.293 e. The number of carbonyl (C=O) groups excluding carboxylic acids is 5. The van der Waals surface area contributed by atoms with Crippen molar-refractivity contribution in [3.8, 4) is 23.0 Å². The number of phenols is 2. The molecule has 2 saturated heterocycles. The summed E-state index contributed by atoms with van der Waals surface area (Å²) in [4.78, 5) is 57.1. The topological polar surface area (TPSA) is 151 Å². The van der Waals surface area contributed by atoms with Crippen LogP contribution >= 0.6 is 55.4 Å². The van der Waals surface area contributed by atoms with E-state index in [9.17, 15) is 34.2 Å². The number of hydrogen-bond acceptors (Lipinski definition) is 11. The number of ether oxygens (including phenoxy) is 2. The zero-order valence-electron chi connectivity index (χ0n) is 20.9. The van der Waals surface area contributed by atoms with E-state index in [0.29, 0.717) is 48.5 Å². The van der Waals surface area contributed by atoms with Gasteiger partial charge in [0.15, 0.2) is 29.3 Å². The predicted molar refractivity (Wildman–Crippen MR) is 163 cm³/mol. The zero-order valence-corrected chi connectivity index (χ0v) is 25.7. The summed E-state index contributed by atoms with van der Waals surface area (Å²) in [5.41, 5.74) is 1.10. The molecular formula is C25H28Br2N2O9S2. The monoisotopic (exact) mass is 723 g/mol. The molecule has 2 fully saturated rings. The van der Waals surface area contributed by atoms with Crippen molar-refractivity contribution in [2.24, 2.45) is 0 Å². The van der Waals surface area contributed by atoms with E-state index >= 15 is 0 Å². The summed E-state index contributed by atoms with van der Waals surface area (Å²) in [6.45, 7) is 0. The summed E-state index contributed by atoms with van der Waals surface area (Å²) in [5.74, 6) is 0.472. The molecule has 0 spiro atoms. The van der Waals surface area contributed by atoms with Gasteiger partial charge in [-0.1, -0.05) is 35.1 Å². The van der Waals surface area contributed by atoms with E-state index < -0.39 is 0 Å². The number of carbonyl (C=O) groups is 5. The fourth-order valence-electron chi connectivity index (χ4n) is 2.75. The molecule has 2 aliphatic heterocycles. The summed E-state index contributed by atoms with van der Waals surface area (Å²) < 4.78 is 11.0. The highest BCUT2D eigenvalue weighted by Crippen LogP contribution is 2.37. The van der Waals surface area contributed by atoms with Crippen LogP contribution in [0.5, 0.6) is 23.0 Å². The van der Waals surface area contributed by atoms with Gasteiger partial charge in [-0.15, -0.1) is 0 Å². The van der Waals surface area contributed by atoms with Crippen LogP contribution < -0.4 is 9.47 Å². The molecule has 4 amide bonds. The normalized spacial score (nSPS) is 15.2. The lowest BCUT2D eigenvalue weighted by molar-refractivity contribution is -0.123. The van der Waals surface area contributed by atoms with E-state index in [2.05, 4.69) is 31.9 Å². The third-order valence-electron chi connectivity index (χ3n) is 4.96. The Labute approximate surface area is 257 Å². The Morgan fingerprint density at radius 2 is 1.38 bits per heavy atom. The number of aromatic hydroxyl groups is 2. The Bertz CT molecular complexity index is 1340. The Hall–Kier alpha value is -3.01. The zero-order chi connectivity index (χ0) is 29.4. The number of likely N-dealkylation sites (N-methyl/N-ethyl adjacent to an activating group) is 1. The van der Waals surface area contributed by atoms with Gasteiger partial charge in [-0.25, -0.2) is 0 Å². The predicted octanol–water partition coefficient (Wildman–Crippen LogP) is 6.00. The van der Waals surface area contributed by atoms with Gasteiger partial charge in [-0.3, -0.25) is 33.8 Å². The Morgan fingerprint density at radius 3 is 1.73 bits per heavy atom. The van der Waals surface area contributed by atoms with E-state index in [4.69, 9.17) is 9.47 Å². The first-order chi connectivity index (χ1) is 18.3. The SMILES string of the molecule is C.CN1C(=O)CSC1=O.COc1cc(/C=C2\SC(=O)N(C)C2=O)c(Br)cc1O.COc1cc(C=O)c(Br)cc1O.[2HH].